The van der Waals surface area contributed by atoms with Crippen LogP contribution in [0.4, 0.5) is 27.8 Å². The lowest BCUT2D eigenvalue weighted by molar-refractivity contribution is -0.275. The first-order valence-electron chi connectivity index (χ1n) is 4.28. The van der Waals surface area contributed by atoms with Crippen LogP contribution in [0.2, 0.25) is 0 Å². The first-order valence-corrected chi connectivity index (χ1v) is 4.28. The Morgan fingerprint density at radius 3 is 2.35 bits per heavy atom. The van der Waals surface area contributed by atoms with E-state index in [4.69, 9.17) is 11.5 Å². The van der Waals surface area contributed by atoms with E-state index in [-0.39, 0.29) is 5.69 Å². The summed E-state index contributed by atoms with van der Waals surface area (Å²) in [5, 5.41) is 0. The van der Waals surface area contributed by atoms with Crippen molar-refractivity contribution >= 4 is 5.82 Å². The molecule has 0 bridgehead atoms. The van der Waals surface area contributed by atoms with Crippen LogP contribution in [-0.4, -0.2) is 11.3 Å². The zero-order valence-electron chi connectivity index (χ0n) is 8.26. The molecule has 0 amide bonds. The van der Waals surface area contributed by atoms with Crippen LogP contribution in [0.25, 0.3) is 0 Å². The predicted octanol–water partition coefficient (Wildman–Crippen LogP) is 1.96. The zero-order chi connectivity index (χ0) is 13.2. The average molecular weight is 257 g/mol. The van der Waals surface area contributed by atoms with Crippen molar-refractivity contribution in [1.82, 2.24) is 4.98 Å². The number of ether oxygens (including phenoxy) is 1. The monoisotopic (exact) mass is 257 g/mol. The topological polar surface area (TPSA) is 74.2 Å². The Hall–Kier alpha value is -1.64. The van der Waals surface area contributed by atoms with Crippen molar-refractivity contribution in [2.75, 3.05) is 5.73 Å². The number of hydrogen-bond acceptors (Lipinski definition) is 4. The number of aromatic nitrogens is 1. The molecule has 0 unspecified atom stereocenters. The number of nitrogens with two attached hydrogens (primary N) is 2. The average Bonchev–Trinajstić information content (AvgIpc) is 2.17. The van der Waals surface area contributed by atoms with Gasteiger partial charge in [-0.15, -0.1) is 13.2 Å². The Labute approximate surface area is 92.4 Å². The molecule has 17 heavy (non-hydrogen) atoms. The summed E-state index contributed by atoms with van der Waals surface area (Å²) in [6, 6.07) is 0.489. The maximum atomic E-state index is 12.4. The summed E-state index contributed by atoms with van der Waals surface area (Å²) in [5.41, 5.74) is 9.08. The molecule has 1 aromatic heterocycles. The molecule has 0 atom stereocenters. The summed E-state index contributed by atoms with van der Waals surface area (Å²) in [6.07, 6.45) is -8.06. The smallest absolute Gasteiger partial charge is 0.404 e. The predicted molar refractivity (Wildman–Crippen MR) is 48.2 cm³/mol. The van der Waals surface area contributed by atoms with Crippen LogP contribution in [0.5, 0.6) is 5.75 Å². The molecule has 1 aromatic rings. The van der Waals surface area contributed by atoms with Gasteiger partial charge >= 0.3 is 6.36 Å². The van der Waals surface area contributed by atoms with Crippen LogP contribution in [-0.2, 0) is 6.54 Å². The van der Waals surface area contributed by atoms with Gasteiger partial charge < -0.3 is 16.2 Å². The third kappa shape index (κ3) is 3.41. The molecule has 9 heteroatoms. The fraction of sp³-hybridized carbons (Fsp3) is 0.375. The Morgan fingerprint density at radius 1 is 1.35 bits per heavy atom. The minimum Gasteiger partial charge on any atom is -0.404 e. The van der Waals surface area contributed by atoms with Crippen molar-refractivity contribution in [1.29, 1.82) is 0 Å². The summed E-state index contributed by atoms with van der Waals surface area (Å²) in [5.74, 6) is -1.44. The van der Waals surface area contributed by atoms with Gasteiger partial charge in [-0.2, -0.15) is 0 Å². The van der Waals surface area contributed by atoms with Crippen LogP contribution < -0.4 is 16.2 Å². The highest BCUT2D eigenvalue weighted by Crippen LogP contribution is 2.32. The highest BCUT2D eigenvalue weighted by Gasteiger charge is 2.33. The van der Waals surface area contributed by atoms with Gasteiger partial charge in [0.2, 0.25) is 0 Å². The Kier molecular flexibility index (Phi) is 3.71. The molecule has 0 aromatic carbocycles. The van der Waals surface area contributed by atoms with E-state index in [9.17, 15) is 22.0 Å². The summed E-state index contributed by atoms with van der Waals surface area (Å²) in [7, 11) is 0. The summed E-state index contributed by atoms with van der Waals surface area (Å²) in [4.78, 5) is 3.34. The number of nitrogen functional groups attached to an aromatic ring is 1. The molecule has 0 saturated carbocycles. The third-order valence-corrected chi connectivity index (χ3v) is 1.78. The van der Waals surface area contributed by atoms with Gasteiger partial charge in [-0.3, -0.25) is 0 Å². The van der Waals surface area contributed by atoms with Crippen LogP contribution in [0, 0.1) is 0 Å². The molecule has 0 spiro atoms. The van der Waals surface area contributed by atoms with Crippen LogP contribution in [0.1, 0.15) is 17.7 Å². The standard InChI is InChI=1S/C8H8F5N3O/c9-6(10)3-1-5(17-8(11,12)13)4(2-14)16-7(3)15/h1,6H,2,14H2,(H2,15,16). The van der Waals surface area contributed by atoms with Crippen LogP contribution in [0.15, 0.2) is 6.07 Å². The fourth-order valence-electron chi connectivity index (χ4n) is 1.10. The number of pyridine rings is 1. The zero-order valence-corrected chi connectivity index (χ0v) is 8.26. The van der Waals surface area contributed by atoms with E-state index in [2.05, 4.69) is 9.72 Å². The first-order chi connectivity index (χ1) is 7.74. The SMILES string of the molecule is NCc1nc(N)c(C(F)F)cc1OC(F)(F)F. The lowest BCUT2D eigenvalue weighted by Gasteiger charge is -2.14. The Balaban J connectivity index is 3.22. The maximum Gasteiger partial charge on any atom is 0.573 e. The number of alkyl halides is 5. The number of anilines is 1. The molecular weight excluding hydrogens is 249 g/mol. The van der Waals surface area contributed by atoms with Gasteiger partial charge in [0, 0.05) is 6.54 Å². The fourth-order valence-corrected chi connectivity index (χ4v) is 1.10. The first kappa shape index (κ1) is 13.4. The second kappa shape index (κ2) is 4.70. The van der Waals surface area contributed by atoms with Crippen molar-refractivity contribution < 1.29 is 26.7 Å². The molecular formula is C8H8F5N3O. The highest BCUT2D eigenvalue weighted by molar-refractivity contribution is 5.47. The molecule has 0 aliphatic rings. The summed E-state index contributed by atoms with van der Waals surface area (Å²) >= 11 is 0. The molecule has 96 valence electrons. The number of rotatable bonds is 3. The van der Waals surface area contributed by atoms with Gasteiger partial charge in [-0.25, -0.2) is 13.8 Å². The summed E-state index contributed by atoms with van der Waals surface area (Å²) in [6.45, 7) is -0.418. The molecule has 0 aliphatic carbocycles. The molecule has 0 saturated heterocycles. The van der Waals surface area contributed by atoms with Crippen molar-refractivity contribution in [3.63, 3.8) is 0 Å². The minimum atomic E-state index is -5.01. The van der Waals surface area contributed by atoms with Crippen molar-refractivity contribution in [3.05, 3.63) is 17.3 Å². The van der Waals surface area contributed by atoms with Gasteiger partial charge in [-0.05, 0) is 6.07 Å². The van der Waals surface area contributed by atoms with E-state index in [1.807, 2.05) is 0 Å². The maximum absolute atomic E-state index is 12.4. The largest absolute Gasteiger partial charge is 0.573 e. The molecule has 0 aliphatic heterocycles. The van der Waals surface area contributed by atoms with Gasteiger partial charge in [0.05, 0.1) is 11.3 Å². The van der Waals surface area contributed by atoms with Crippen molar-refractivity contribution in [2.45, 2.75) is 19.3 Å². The third-order valence-electron chi connectivity index (χ3n) is 1.78. The lowest BCUT2D eigenvalue weighted by Crippen LogP contribution is -2.20. The minimum absolute atomic E-state index is 0.343. The second-order valence-electron chi connectivity index (χ2n) is 2.96. The summed E-state index contributed by atoms with van der Waals surface area (Å²) < 4.78 is 64.3. The van der Waals surface area contributed by atoms with Gasteiger partial charge in [0.1, 0.15) is 5.82 Å². The van der Waals surface area contributed by atoms with Gasteiger partial charge in [0.15, 0.2) is 5.75 Å². The van der Waals surface area contributed by atoms with E-state index in [1.54, 1.807) is 0 Å². The molecule has 1 heterocycles. The van der Waals surface area contributed by atoms with E-state index in [1.165, 1.54) is 0 Å². The molecule has 0 fully saturated rings. The van der Waals surface area contributed by atoms with E-state index in [0.717, 1.165) is 0 Å². The number of halogens is 5. The molecule has 4 nitrogen and oxygen atoms in total. The van der Waals surface area contributed by atoms with E-state index >= 15 is 0 Å². The Morgan fingerprint density at radius 2 is 1.94 bits per heavy atom. The van der Waals surface area contributed by atoms with Gasteiger partial charge in [0.25, 0.3) is 6.43 Å². The lowest BCUT2D eigenvalue weighted by atomic mass is 10.2. The highest BCUT2D eigenvalue weighted by atomic mass is 19.4. The molecule has 1 rings (SSSR count). The number of hydrogen-bond donors (Lipinski definition) is 2. The van der Waals surface area contributed by atoms with Crippen molar-refractivity contribution in [3.8, 4) is 5.75 Å². The van der Waals surface area contributed by atoms with Crippen molar-refractivity contribution in [2.24, 2.45) is 5.73 Å². The quantitative estimate of drug-likeness (QED) is 0.812. The molecule has 0 radical (unpaired) electrons. The van der Waals surface area contributed by atoms with Crippen LogP contribution in [0.3, 0.4) is 0 Å². The normalized spacial score (nSPS) is 11.9. The van der Waals surface area contributed by atoms with Crippen LogP contribution >= 0.6 is 0 Å². The second-order valence-corrected chi connectivity index (χ2v) is 2.96. The van der Waals surface area contributed by atoms with E-state index < -0.39 is 36.5 Å². The Bertz CT molecular complexity index is 407. The number of nitrogens with zero attached hydrogens (tertiary/aromatic N) is 1. The van der Waals surface area contributed by atoms with Gasteiger partial charge in [-0.1, -0.05) is 0 Å². The molecule has 4 N–H and O–H groups in total. The van der Waals surface area contributed by atoms with E-state index in [0.29, 0.717) is 6.07 Å².